The standard InChI is InChI=1S/C15H18N6O/c1-12-4-6-20-9-13(19-14(20)7-12)8-17-15(22)3-2-5-21-11-16-10-18-21/h4,6-7,9-11H,2-3,5,8H2,1H3,(H,17,22). The number of aromatic nitrogens is 5. The molecule has 0 aliphatic carbocycles. The van der Waals surface area contributed by atoms with Crippen LogP contribution in [0.1, 0.15) is 24.1 Å². The summed E-state index contributed by atoms with van der Waals surface area (Å²) in [6.45, 7) is 3.18. The van der Waals surface area contributed by atoms with Gasteiger partial charge >= 0.3 is 0 Å². The van der Waals surface area contributed by atoms with E-state index in [1.807, 2.05) is 35.9 Å². The molecule has 22 heavy (non-hydrogen) atoms. The highest BCUT2D eigenvalue weighted by atomic mass is 16.1. The van der Waals surface area contributed by atoms with Crippen molar-refractivity contribution < 1.29 is 4.79 Å². The molecule has 0 aliphatic rings. The van der Waals surface area contributed by atoms with Crippen molar-refractivity contribution in [1.29, 1.82) is 0 Å². The van der Waals surface area contributed by atoms with Crippen LogP contribution in [0.2, 0.25) is 0 Å². The fraction of sp³-hybridized carbons (Fsp3) is 0.333. The van der Waals surface area contributed by atoms with Crippen LogP contribution in [0.5, 0.6) is 0 Å². The minimum Gasteiger partial charge on any atom is -0.350 e. The number of imidazole rings is 1. The number of rotatable bonds is 6. The molecule has 0 saturated heterocycles. The Bertz CT molecular complexity index is 762. The highest BCUT2D eigenvalue weighted by Gasteiger charge is 2.05. The van der Waals surface area contributed by atoms with Crippen molar-refractivity contribution in [1.82, 2.24) is 29.5 Å². The minimum absolute atomic E-state index is 0.0216. The van der Waals surface area contributed by atoms with Gasteiger partial charge in [0.1, 0.15) is 18.3 Å². The van der Waals surface area contributed by atoms with Crippen LogP contribution in [-0.4, -0.2) is 30.1 Å². The number of amides is 1. The Morgan fingerprint density at radius 2 is 2.32 bits per heavy atom. The molecule has 0 spiro atoms. The van der Waals surface area contributed by atoms with Crippen molar-refractivity contribution in [2.75, 3.05) is 0 Å². The van der Waals surface area contributed by atoms with Crippen molar-refractivity contribution in [3.63, 3.8) is 0 Å². The molecule has 0 saturated carbocycles. The number of nitrogens with zero attached hydrogens (tertiary/aromatic N) is 5. The van der Waals surface area contributed by atoms with Gasteiger partial charge in [0.05, 0.1) is 12.2 Å². The van der Waals surface area contributed by atoms with E-state index in [0.717, 1.165) is 17.8 Å². The number of hydrogen-bond donors (Lipinski definition) is 1. The topological polar surface area (TPSA) is 77.1 Å². The van der Waals surface area contributed by atoms with Gasteiger partial charge in [-0.1, -0.05) is 0 Å². The average Bonchev–Trinajstić information content (AvgIpc) is 3.13. The molecular formula is C15H18N6O. The molecule has 3 aromatic heterocycles. The van der Waals surface area contributed by atoms with Gasteiger partial charge in [0.2, 0.25) is 5.91 Å². The number of fused-ring (bicyclic) bond motifs is 1. The van der Waals surface area contributed by atoms with Gasteiger partial charge in [0.25, 0.3) is 0 Å². The molecule has 0 unspecified atom stereocenters. The first-order valence-electron chi connectivity index (χ1n) is 7.24. The summed E-state index contributed by atoms with van der Waals surface area (Å²) in [4.78, 5) is 20.2. The molecule has 0 bridgehead atoms. The van der Waals surface area contributed by atoms with E-state index in [9.17, 15) is 4.79 Å². The molecule has 3 heterocycles. The van der Waals surface area contributed by atoms with Crippen molar-refractivity contribution in [3.8, 4) is 0 Å². The number of carbonyl (C=O) groups is 1. The van der Waals surface area contributed by atoms with Crippen LogP contribution in [0.3, 0.4) is 0 Å². The zero-order valence-electron chi connectivity index (χ0n) is 12.4. The predicted molar refractivity (Wildman–Crippen MR) is 81.0 cm³/mol. The van der Waals surface area contributed by atoms with Crippen LogP contribution >= 0.6 is 0 Å². The second-order valence-corrected chi connectivity index (χ2v) is 5.24. The highest BCUT2D eigenvalue weighted by Crippen LogP contribution is 2.07. The number of carbonyl (C=O) groups excluding carboxylic acids is 1. The number of pyridine rings is 1. The molecule has 1 N–H and O–H groups in total. The quantitative estimate of drug-likeness (QED) is 0.745. The van der Waals surface area contributed by atoms with Crippen LogP contribution in [0.15, 0.2) is 37.2 Å². The Morgan fingerprint density at radius 3 is 3.14 bits per heavy atom. The largest absolute Gasteiger partial charge is 0.350 e. The fourth-order valence-electron chi connectivity index (χ4n) is 2.25. The van der Waals surface area contributed by atoms with Crippen molar-refractivity contribution >= 4 is 11.6 Å². The number of nitrogens with one attached hydrogen (secondary N) is 1. The molecule has 1 amide bonds. The normalized spacial score (nSPS) is 11.0. The predicted octanol–water partition coefficient (Wildman–Crippen LogP) is 1.33. The molecule has 0 fully saturated rings. The maximum atomic E-state index is 11.8. The van der Waals surface area contributed by atoms with Crippen LogP contribution in [0.25, 0.3) is 5.65 Å². The molecule has 114 valence electrons. The Labute approximate surface area is 128 Å². The van der Waals surface area contributed by atoms with E-state index in [0.29, 0.717) is 19.5 Å². The first-order valence-corrected chi connectivity index (χ1v) is 7.24. The van der Waals surface area contributed by atoms with Gasteiger partial charge in [0, 0.05) is 25.4 Å². The van der Waals surface area contributed by atoms with E-state index in [1.54, 1.807) is 11.0 Å². The lowest BCUT2D eigenvalue weighted by atomic mass is 10.3. The second kappa shape index (κ2) is 6.38. The van der Waals surface area contributed by atoms with Crippen LogP contribution in [0.4, 0.5) is 0 Å². The van der Waals surface area contributed by atoms with Gasteiger partial charge in [0.15, 0.2) is 0 Å². The zero-order valence-corrected chi connectivity index (χ0v) is 12.4. The van der Waals surface area contributed by atoms with Crippen LogP contribution < -0.4 is 5.32 Å². The van der Waals surface area contributed by atoms with Gasteiger partial charge < -0.3 is 9.72 Å². The molecule has 7 heteroatoms. The third kappa shape index (κ3) is 3.49. The van der Waals surface area contributed by atoms with Crippen LogP contribution in [-0.2, 0) is 17.9 Å². The van der Waals surface area contributed by atoms with Crippen molar-refractivity contribution in [2.24, 2.45) is 0 Å². The molecule has 7 nitrogen and oxygen atoms in total. The number of hydrogen-bond acceptors (Lipinski definition) is 4. The monoisotopic (exact) mass is 298 g/mol. The maximum Gasteiger partial charge on any atom is 0.220 e. The van der Waals surface area contributed by atoms with E-state index >= 15 is 0 Å². The number of aryl methyl sites for hydroxylation is 2. The van der Waals surface area contributed by atoms with E-state index in [-0.39, 0.29) is 5.91 Å². The fourth-order valence-corrected chi connectivity index (χ4v) is 2.25. The summed E-state index contributed by atoms with van der Waals surface area (Å²) in [6.07, 6.45) is 8.25. The first-order chi connectivity index (χ1) is 10.7. The van der Waals surface area contributed by atoms with E-state index in [1.165, 1.54) is 11.9 Å². The molecule has 3 aromatic rings. The molecule has 0 aromatic carbocycles. The third-order valence-electron chi connectivity index (χ3n) is 3.39. The summed E-state index contributed by atoms with van der Waals surface area (Å²) in [5.41, 5.74) is 2.92. The Balaban J connectivity index is 1.47. The Morgan fingerprint density at radius 1 is 1.41 bits per heavy atom. The van der Waals surface area contributed by atoms with Gasteiger partial charge in [-0.15, -0.1) is 0 Å². The second-order valence-electron chi connectivity index (χ2n) is 5.24. The van der Waals surface area contributed by atoms with E-state index in [2.05, 4.69) is 20.4 Å². The van der Waals surface area contributed by atoms with E-state index < -0.39 is 0 Å². The lowest BCUT2D eigenvalue weighted by Gasteiger charge is -2.03. The smallest absolute Gasteiger partial charge is 0.220 e. The van der Waals surface area contributed by atoms with Crippen LogP contribution in [0, 0.1) is 6.92 Å². The average molecular weight is 298 g/mol. The van der Waals surface area contributed by atoms with Gasteiger partial charge in [-0.2, -0.15) is 5.10 Å². The molecule has 3 rings (SSSR count). The van der Waals surface area contributed by atoms with Crippen molar-refractivity contribution in [3.05, 3.63) is 48.4 Å². The molecule has 0 radical (unpaired) electrons. The summed E-state index contributed by atoms with van der Waals surface area (Å²) < 4.78 is 3.68. The summed E-state index contributed by atoms with van der Waals surface area (Å²) in [6, 6.07) is 4.05. The highest BCUT2D eigenvalue weighted by molar-refractivity contribution is 5.75. The third-order valence-corrected chi connectivity index (χ3v) is 3.39. The maximum absolute atomic E-state index is 11.8. The summed E-state index contributed by atoms with van der Waals surface area (Å²) in [5, 5.41) is 6.89. The zero-order chi connectivity index (χ0) is 15.4. The summed E-state index contributed by atoms with van der Waals surface area (Å²) in [5.74, 6) is 0.0216. The molecule has 0 aliphatic heterocycles. The van der Waals surface area contributed by atoms with E-state index in [4.69, 9.17) is 0 Å². The molecule has 0 atom stereocenters. The van der Waals surface area contributed by atoms with Gasteiger partial charge in [-0.25, -0.2) is 9.97 Å². The lowest BCUT2D eigenvalue weighted by Crippen LogP contribution is -2.23. The Kier molecular flexibility index (Phi) is 4.13. The minimum atomic E-state index is 0.0216. The lowest BCUT2D eigenvalue weighted by molar-refractivity contribution is -0.121. The molecular weight excluding hydrogens is 280 g/mol. The SMILES string of the molecule is Cc1ccn2cc(CNC(=O)CCCn3cncn3)nc2c1. The summed E-state index contributed by atoms with van der Waals surface area (Å²) >= 11 is 0. The first kappa shape index (κ1) is 14.2. The van der Waals surface area contributed by atoms with Crippen molar-refractivity contribution in [2.45, 2.75) is 32.9 Å². The summed E-state index contributed by atoms with van der Waals surface area (Å²) in [7, 11) is 0. The van der Waals surface area contributed by atoms with Gasteiger partial charge in [-0.3, -0.25) is 9.48 Å². The Hall–Kier alpha value is -2.70. The van der Waals surface area contributed by atoms with Gasteiger partial charge in [-0.05, 0) is 31.0 Å².